The topological polar surface area (TPSA) is 96.8 Å². The van der Waals surface area contributed by atoms with Crippen molar-refractivity contribution in [1.82, 2.24) is 20.5 Å². The van der Waals surface area contributed by atoms with Crippen LogP contribution in [0.4, 0.5) is 4.79 Å². The number of nitrogens with zero attached hydrogens (tertiary/aromatic N) is 2. The third-order valence-electron chi connectivity index (χ3n) is 5.02. The lowest BCUT2D eigenvalue weighted by atomic mass is 9.93. The van der Waals surface area contributed by atoms with Gasteiger partial charge >= 0.3 is 6.09 Å². The zero-order valence-electron chi connectivity index (χ0n) is 20.1. The fourth-order valence-electron chi connectivity index (χ4n) is 3.04. The number of rotatable bonds is 11. The quantitative estimate of drug-likeness (QED) is 0.282. The van der Waals surface area contributed by atoms with Gasteiger partial charge in [0.05, 0.1) is 12.1 Å². The van der Waals surface area contributed by atoms with E-state index in [-0.39, 0.29) is 5.56 Å². The second-order valence-electron chi connectivity index (χ2n) is 8.68. The normalized spacial score (nSPS) is 12.4. The zero-order valence-corrected chi connectivity index (χ0v) is 20.1. The van der Waals surface area contributed by atoms with Gasteiger partial charge in [0.1, 0.15) is 5.60 Å². The Morgan fingerprint density at radius 2 is 1.81 bits per heavy atom. The minimum Gasteiger partial charge on any atom is -0.444 e. The number of aliphatic imine (C=N–C) groups is 1. The number of unbranched alkanes of at least 4 members (excludes halogenated alkanes) is 1. The first-order chi connectivity index (χ1) is 14.6. The number of aromatic nitrogens is 1. The second kappa shape index (κ2) is 13.0. The average molecular weight is 436 g/mol. The van der Waals surface area contributed by atoms with Gasteiger partial charge in [-0.25, -0.2) is 4.79 Å². The molecule has 0 atom stereocenters. The Balaban J connectivity index is 2.61. The van der Waals surface area contributed by atoms with Crippen LogP contribution in [0.5, 0.6) is 0 Å². The molecule has 0 bridgehead atoms. The fraction of sp³-hybridized carbons (Fsp3) is 0.696. The maximum Gasteiger partial charge on any atom is 0.408 e. The van der Waals surface area contributed by atoms with Crippen LogP contribution in [-0.2, 0) is 11.3 Å². The molecule has 3 N–H and O–H groups in total. The Hall–Kier alpha value is -2.51. The van der Waals surface area contributed by atoms with Crippen molar-refractivity contribution < 1.29 is 9.53 Å². The van der Waals surface area contributed by atoms with Gasteiger partial charge in [-0.15, -0.1) is 0 Å². The predicted octanol–water partition coefficient (Wildman–Crippen LogP) is 3.27. The van der Waals surface area contributed by atoms with Gasteiger partial charge in [0.2, 0.25) is 5.56 Å². The van der Waals surface area contributed by atoms with Crippen molar-refractivity contribution in [2.45, 2.75) is 84.9 Å². The van der Waals surface area contributed by atoms with Gasteiger partial charge in [-0.2, -0.15) is 0 Å². The lowest BCUT2D eigenvalue weighted by Crippen LogP contribution is -2.52. The lowest BCUT2D eigenvalue weighted by Gasteiger charge is -2.32. The van der Waals surface area contributed by atoms with Gasteiger partial charge in [0.15, 0.2) is 5.96 Å². The highest BCUT2D eigenvalue weighted by Crippen LogP contribution is 2.17. The number of alkyl carbamates (subject to hydrolysis) is 1. The number of pyridine rings is 1. The number of amides is 1. The van der Waals surface area contributed by atoms with Crippen molar-refractivity contribution in [2.75, 3.05) is 19.6 Å². The number of carbonyl (C=O) groups is 1. The molecule has 8 nitrogen and oxygen atoms in total. The maximum atomic E-state index is 12.3. The van der Waals surface area contributed by atoms with E-state index in [4.69, 9.17) is 9.73 Å². The van der Waals surface area contributed by atoms with E-state index in [0.717, 1.165) is 44.7 Å². The molecule has 31 heavy (non-hydrogen) atoms. The van der Waals surface area contributed by atoms with Crippen LogP contribution in [0.25, 0.3) is 0 Å². The Morgan fingerprint density at radius 1 is 1.10 bits per heavy atom. The maximum absolute atomic E-state index is 12.3. The van der Waals surface area contributed by atoms with Crippen molar-refractivity contribution in [3.63, 3.8) is 0 Å². The molecule has 1 heterocycles. The summed E-state index contributed by atoms with van der Waals surface area (Å²) < 4.78 is 7.15. The minimum absolute atomic E-state index is 0.0262. The van der Waals surface area contributed by atoms with E-state index in [1.165, 1.54) is 0 Å². The molecule has 1 aromatic rings. The molecule has 0 saturated carbocycles. The average Bonchev–Trinajstić information content (AvgIpc) is 2.70. The largest absolute Gasteiger partial charge is 0.444 e. The third kappa shape index (κ3) is 10.4. The van der Waals surface area contributed by atoms with Gasteiger partial charge in [-0.3, -0.25) is 9.79 Å². The summed E-state index contributed by atoms with van der Waals surface area (Å²) in [6.07, 6.45) is 4.70. The molecule has 1 aromatic heterocycles. The molecule has 0 radical (unpaired) electrons. The molecule has 0 aliphatic carbocycles. The first kappa shape index (κ1) is 26.5. The molecule has 1 rings (SSSR count). The summed E-state index contributed by atoms with van der Waals surface area (Å²) in [4.78, 5) is 28.8. The first-order valence-electron chi connectivity index (χ1n) is 11.3. The van der Waals surface area contributed by atoms with Crippen LogP contribution in [0.1, 0.15) is 67.2 Å². The SMILES string of the molecule is CCNC(=NCC(CC)(CC)NC(=O)OC(C)(C)C)NCCCCn1ccccc1=O. The highest BCUT2D eigenvalue weighted by molar-refractivity contribution is 5.79. The molecule has 8 heteroatoms. The van der Waals surface area contributed by atoms with Gasteiger partial charge in [0.25, 0.3) is 0 Å². The first-order valence-corrected chi connectivity index (χ1v) is 11.3. The van der Waals surface area contributed by atoms with Crippen molar-refractivity contribution in [1.29, 1.82) is 0 Å². The van der Waals surface area contributed by atoms with Crippen LogP contribution < -0.4 is 21.5 Å². The lowest BCUT2D eigenvalue weighted by molar-refractivity contribution is 0.0452. The van der Waals surface area contributed by atoms with Crippen LogP contribution >= 0.6 is 0 Å². The van der Waals surface area contributed by atoms with E-state index in [9.17, 15) is 9.59 Å². The van der Waals surface area contributed by atoms with E-state index in [1.807, 2.05) is 53.8 Å². The molecule has 0 aromatic carbocycles. The number of hydrogen-bond donors (Lipinski definition) is 3. The van der Waals surface area contributed by atoms with E-state index >= 15 is 0 Å². The highest BCUT2D eigenvalue weighted by Gasteiger charge is 2.30. The summed E-state index contributed by atoms with van der Waals surface area (Å²) in [6, 6.07) is 5.20. The van der Waals surface area contributed by atoms with Gasteiger partial charge in [-0.05, 0) is 59.4 Å². The highest BCUT2D eigenvalue weighted by atomic mass is 16.6. The molecule has 1 amide bonds. The van der Waals surface area contributed by atoms with Crippen molar-refractivity contribution in [3.05, 3.63) is 34.7 Å². The van der Waals surface area contributed by atoms with Crippen molar-refractivity contribution >= 4 is 12.1 Å². The molecular weight excluding hydrogens is 394 g/mol. The fourth-order valence-corrected chi connectivity index (χ4v) is 3.04. The smallest absolute Gasteiger partial charge is 0.408 e. The Labute approximate surface area is 186 Å². The van der Waals surface area contributed by atoms with E-state index in [0.29, 0.717) is 13.1 Å². The molecule has 0 aliphatic heterocycles. The van der Waals surface area contributed by atoms with Crippen LogP contribution in [0, 0.1) is 0 Å². The number of hydrogen-bond acceptors (Lipinski definition) is 4. The summed E-state index contributed by atoms with van der Waals surface area (Å²) in [7, 11) is 0. The van der Waals surface area contributed by atoms with Crippen LogP contribution in [0.2, 0.25) is 0 Å². The molecule has 0 unspecified atom stereocenters. The monoisotopic (exact) mass is 435 g/mol. The molecule has 0 aliphatic rings. The van der Waals surface area contributed by atoms with E-state index < -0.39 is 17.2 Å². The Bertz CT molecular complexity index is 748. The van der Waals surface area contributed by atoms with Gasteiger partial charge in [-0.1, -0.05) is 19.9 Å². The third-order valence-corrected chi connectivity index (χ3v) is 5.02. The number of ether oxygens (including phenoxy) is 1. The van der Waals surface area contributed by atoms with Crippen LogP contribution in [0.3, 0.4) is 0 Å². The molecule has 0 spiro atoms. The van der Waals surface area contributed by atoms with Gasteiger partial charge in [0, 0.05) is 31.9 Å². The number of carbonyl (C=O) groups excluding carboxylic acids is 1. The summed E-state index contributed by atoms with van der Waals surface area (Å²) in [5.41, 5.74) is -0.973. The van der Waals surface area contributed by atoms with Crippen LogP contribution in [-0.4, -0.2) is 47.4 Å². The van der Waals surface area contributed by atoms with Crippen molar-refractivity contribution in [2.24, 2.45) is 4.99 Å². The zero-order chi connectivity index (χ0) is 23.3. The predicted molar refractivity (Wildman–Crippen MR) is 127 cm³/mol. The number of nitrogens with one attached hydrogen (secondary N) is 3. The van der Waals surface area contributed by atoms with Crippen molar-refractivity contribution in [3.8, 4) is 0 Å². The van der Waals surface area contributed by atoms with E-state index in [1.54, 1.807) is 16.7 Å². The molecule has 0 saturated heterocycles. The summed E-state index contributed by atoms with van der Waals surface area (Å²) >= 11 is 0. The summed E-state index contributed by atoms with van der Waals surface area (Å²) in [5.74, 6) is 0.719. The molecule has 176 valence electrons. The molecule has 0 fully saturated rings. The number of aryl methyl sites for hydroxylation is 1. The van der Waals surface area contributed by atoms with Gasteiger partial charge < -0.3 is 25.3 Å². The standard InChI is InChI=1S/C23H41N5O3/c1-7-23(8-2,27-21(30)31-22(4,5)6)18-26-20(24-9-3)25-15-11-13-17-28-16-12-10-14-19(28)29/h10,12,14,16H,7-9,11,13,15,17-18H2,1-6H3,(H,27,30)(H2,24,25,26). The second-order valence-corrected chi connectivity index (χ2v) is 8.68. The summed E-state index contributed by atoms with van der Waals surface area (Å²) in [5, 5.41) is 9.62. The van der Waals surface area contributed by atoms with E-state index in [2.05, 4.69) is 16.0 Å². The summed E-state index contributed by atoms with van der Waals surface area (Å²) in [6.45, 7) is 14.3. The van der Waals surface area contributed by atoms with Crippen LogP contribution in [0.15, 0.2) is 34.2 Å². The minimum atomic E-state index is -0.540. The molecular formula is C23H41N5O3. The number of guanidine groups is 1. The Kier molecular flexibility index (Phi) is 11.1. The Morgan fingerprint density at radius 3 is 2.39 bits per heavy atom.